The number of hydrogen-bond acceptors (Lipinski definition) is 2. The van der Waals surface area contributed by atoms with Crippen LogP contribution in [0.3, 0.4) is 0 Å². The first kappa shape index (κ1) is 17.3. The fourth-order valence-corrected chi connectivity index (χ4v) is 3.58. The molecule has 6 heteroatoms. The molecule has 0 heterocycles. The summed E-state index contributed by atoms with van der Waals surface area (Å²) in [6.45, 7) is 1.98. The summed E-state index contributed by atoms with van der Waals surface area (Å²) in [5.74, 6) is 0.0996. The van der Waals surface area contributed by atoms with E-state index < -0.39 is 0 Å². The highest BCUT2D eigenvalue weighted by Crippen LogP contribution is 2.25. The van der Waals surface area contributed by atoms with E-state index in [9.17, 15) is 9.18 Å². The van der Waals surface area contributed by atoms with Crippen LogP contribution in [0, 0.1) is 12.7 Å². The third-order valence-corrected chi connectivity index (χ3v) is 4.91. The van der Waals surface area contributed by atoms with Crippen molar-refractivity contribution >= 4 is 50.9 Å². The Balaban J connectivity index is 1.88. The zero-order valence-electron chi connectivity index (χ0n) is 11.8. The van der Waals surface area contributed by atoms with Gasteiger partial charge in [-0.1, -0.05) is 23.7 Å². The Morgan fingerprint density at radius 1 is 1.36 bits per heavy atom. The van der Waals surface area contributed by atoms with Gasteiger partial charge in [0.1, 0.15) is 5.82 Å². The SMILES string of the molecule is Cc1ccc(NC(=O)CSCc2c(F)cccc2Cl)c(Br)c1. The second kappa shape index (κ2) is 7.99. The molecule has 0 aromatic heterocycles. The van der Waals surface area contributed by atoms with Gasteiger partial charge in [-0.3, -0.25) is 4.79 Å². The number of hydrogen-bond donors (Lipinski definition) is 1. The molecule has 0 atom stereocenters. The van der Waals surface area contributed by atoms with E-state index in [4.69, 9.17) is 11.6 Å². The molecule has 2 aromatic rings. The van der Waals surface area contributed by atoms with Crippen LogP contribution in [0.1, 0.15) is 11.1 Å². The van der Waals surface area contributed by atoms with Gasteiger partial charge in [0.15, 0.2) is 0 Å². The Morgan fingerprint density at radius 2 is 2.14 bits per heavy atom. The molecule has 2 aromatic carbocycles. The molecule has 2 rings (SSSR count). The quantitative estimate of drug-likeness (QED) is 0.723. The smallest absolute Gasteiger partial charge is 0.234 e. The molecule has 1 amide bonds. The average molecular weight is 403 g/mol. The lowest BCUT2D eigenvalue weighted by Gasteiger charge is -2.09. The third kappa shape index (κ3) is 4.73. The maximum atomic E-state index is 13.6. The zero-order valence-corrected chi connectivity index (χ0v) is 15.0. The van der Waals surface area contributed by atoms with Crippen LogP contribution in [0.4, 0.5) is 10.1 Å². The molecular weight excluding hydrogens is 389 g/mol. The van der Waals surface area contributed by atoms with Gasteiger partial charge in [-0.25, -0.2) is 4.39 Å². The van der Waals surface area contributed by atoms with E-state index in [1.807, 2.05) is 25.1 Å². The largest absolute Gasteiger partial charge is 0.324 e. The monoisotopic (exact) mass is 401 g/mol. The molecule has 22 heavy (non-hydrogen) atoms. The van der Waals surface area contributed by atoms with Crippen LogP contribution in [0.2, 0.25) is 5.02 Å². The molecule has 0 saturated carbocycles. The van der Waals surface area contributed by atoms with Gasteiger partial charge in [-0.2, -0.15) is 0 Å². The summed E-state index contributed by atoms with van der Waals surface area (Å²) >= 11 is 10.7. The van der Waals surface area contributed by atoms with Crippen molar-refractivity contribution in [1.29, 1.82) is 0 Å². The highest BCUT2D eigenvalue weighted by atomic mass is 79.9. The van der Waals surface area contributed by atoms with Crippen molar-refractivity contribution < 1.29 is 9.18 Å². The minimum absolute atomic E-state index is 0.137. The van der Waals surface area contributed by atoms with E-state index in [1.165, 1.54) is 17.8 Å². The van der Waals surface area contributed by atoms with Crippen LogP contribution in [-0.2, 0) is 10.5 Å². The normalized spacial score (nSPS) is 10.5. The van der Waals surface area contributed by atoms with Crippen LogP contribution < -0.4 is 5.32 Å². The van der Waals surface area contributed by atoms with Crippen molar-refractivity contribution in [3.63, 3.8) is 0 Å². The molecule has 0 spiro atoms. The second-order valence-electron chi connectivity index (χ2n) is 4.72. The van der Waals surface area contributed by atoms with Crippen molar-refractivity contribution in [1.82, 2.24) is 0 Å². The van der Waals surface area contributed by atoms with E-state index in [0.717, 1.165) is 15.7 Å². The molecule has 0 saturated heterocycles. The van der Waals surface area contributed by atoms with Crippen LogP contribution in [0.15, 0.2) is 40.9 Å². The molecule has 0 unspecified atom stereocenters. The number of amides is 1. The Labute approximate surface area is 146 Å². The van der Waals surface area contributed by atoms with Crippen LogP contribution in [0.25, 0.3) is 0 Å². The molecule has 0 aliphatic carbocycles. The number of carbonyl (C=O) groups excluding carboxylic acids is 1. The number of aryl methyl sites for hydroxylation is 1. The minimum atomic E-state index is -0.346. The Hall–Kier alpha value is -1.04. The molecule has 116 valence electrons. The number of carbonyl (C=O) groups is 1. The third-order valence-electron chi connectivity index (χ3n) is 2.94. The van der Waals surface area contributed by atoms with Crippen molar-refractivity contribution in [2.45, 2.75) is 12.7 Å². The first-order chi connectivity index (χ1) is 10.5. The maximum Gasteiger partial charge on any atom is 0.234 e. The lowest BCUT2D eigenvalue weighted by molar-refractivity contribution is -0.113. The standard InChI is InChI=1S/C16H14BrClFNOS/c1-10-5-6-15(12(17)7-10)20-16(21)9-22-8-11-13(18)3-2-4-14(11)19/h2-7H,8-9H2,1H3,(H,20,21). The first-order valence-corrected chi connectivity index (χ1v) is 8.86. The summed E-state index contributed by atoms with van der Waals surface area (Å²) < 4.78 is 14.4. The number of halogens is 3. The van der Waals surface area contributed by atoms with Gasteiger partial charge in [-0.15, -0.1) is 11.8 Å². The highest BCUT2D eigenvalue weighted by molar-refractivity contribution is 9.10. The number of nitrogens with one attached hydrogen (secondary N) is 1. The topological polar surface area (TPSA) is 29.1 Å². The van der Waals surface area contributed by atoms with E-state index in [0.29, 0.717) is 16.3 Å². The van der Waals surface area contributed by atoms with Crippen LogP contribution >= 0.6 is 39.3 Å². The van der Waals surface area contributed by atoms with Gasteiger partial charge >= 0.3 is 0 Å². The summed E-state index contributed by atoms with van der Waals surface area (Å²) in [5.41, 5.74) is 2.26. The Morgan fingerprint density at radius 3 is 2.82 bits per heavy atom. The predicted molar refractivity (Wildman–Crippen MR) is 95.1 cm³/mol. The predicted octanol–water partition coefficient (Wildman–Crippen LogP) is 5.42. The van der Waals surface area contributed by atoms with Gasteiger partial charge < -0.3 is 5.32 Å². The van der Waals surface area contributed by atoms with Crippen molar-refractivity contribution in [2.24, 2.45) is 0 Å². The van der Waals surface area contributed by atoms with E-state index in [-0.39, 0.29) is 17.5 Å². The van der Waals surface area contributed by atoms with Gasteiger partial charge in [-0.05, 0) is 52.7 Å². The van der Waals surface area contributed by atoms with Crippen LogP contribution in [0.5, 0.6) is 0 Å². The number of benzene rings is 2. The van der Waals surface area contributed by atoms with Gasteiger partial charge in [0.05, 0.1) is 11.4 Å². The second-order valence-corrected chi connectivity index (χ2v) is 6.97. The van der Waals surface area contributed by atoms with Crippen molar-refractivity contribution in [3.8, 4) is 0 Å². The summed E-state index contributed by atoms with van der Waals surface area (Å²) in [6, 6.07) is 10.3. The maximum absolute atomic E-state index is 13.6. The minimum Gasteiger partial charge on any atom is -0.324 e. The molecular formula is C16H14BrClFNOS. The fraction of sp³-hybridized carbons (Fsp3) is 0.188. The fourth-order valence-electron chi connectivity index (χ4n) is 1.82. The number of thioether (sulfide) groups is 1. The van der Waals surface area contributed by atoms with E-state index in [1.54, 1.807) is 12.1 Å². The summed E-state index contributed by atoms with van der Waals surface area (Å²) in [6.07, 6.45) is 0. The van der Waals surface area contributed by atoms with Crippen molar-refractivity contribution in [3.05, 3.63) is 62.8 Å². The van der Waals surface area contributed by atoms with Crippen LogP contribution in [-0.4, -0.2) is 11.7 Å². The molecule has 1 N–H and O–H groups in total. The lowest BCUT2D eigenvalue weighted by atomic mass is 10.2. The molecule has 0 aliphatic rings. The highest BCUT2D eigenvalue weighted by Gasteiger charge is 2.09. The summed E-state index contributed by atoms with van der Waals surface area (Å²) in [5, 5.41) is 3.20. The van der Waals surface area contributed by atoms with Gasteiger partial charge in [0.25, 0.3) is 0 Å². The van der Waals surface area contributed by atoms with E-state index >= 15 is 0 Å². The summed E-state index contributed by atoms with van der Waals surface area (Å²) in [7, 11) is 0. The number of anilines is 1. The molecule has 0 fully saturated rings. The van der Waals surface area contributed by atoms with Gasteiger partial charge in [0, 0.05) is 20.8 Å². The summed E-state index contributed by atoms with van der Waals surface area (Å²) in [4.78, 5) is 11.9. The molecule has 2 nitrogen and oxygen atoms in total. The average Bonchev–Trinajstić information content (AvgIpc) is 2.45. The zero-order chi connectivity index (χ0) is 16.1. The number of rotatable bonds is 5. The first-order valence-electron chi connectivity index (χ1n) is 6.54. The van der Waals surface area contributed by atoms with E-state index in [2.05, 4.69) is 21.2 Å². The molecule has 0 bridgehead atoms. The Bertz CT molecular complexity index is 676. The van der Waals surface area contributed by atoms with Crippen molar-refractivity contribution in [2.75, 3.05) is 11.1 Å². The lowest BCUT2D eigenvalue weighted by Crippen LogP contribution is -2.14. The molecule has 0 aliphatic heterocycles. The van der Waals surface area contributed by atoms with Gasteiger partial charge in [0.2, 0.25) is 5.91 Å². The molecule has 0 radical (unpaired) electrons. The Kier molecular flexibility index (Phi) is 6.29.